The molecule has 1 N–H and O–H groups in total. The zero-order chi connectivity index (χ0) is 17.2. The zero-order valence-electron chi connectivity index (χ0n) is 14.8. The van der Waals surface area contributed by atoms with Crippen LogP contribution in [-0.4, -0.2) is 10.1 Å². The van der Waals surface area contributed by atoms with Gasteiger partial charge in [-0.25, -0.2) is 0 Å². The van der Waals surface area contributed by atoms with Crippen molar-refractivity contribution < 1.29 is 10.1 Å². The van der Waals surface area contributed by atoms with Gasteiger partial charge in [-0.3, -0.25) is 0 Å². The van der Waals surface area contributed by atoms with Crippen molar-refractivity contribution in [2.24, 2.45) is 0 Å². The van der Waals surface area contributed by atoms with E-state index in [0.717, 1.165) is 21.7 Å². The minimum Gasteiger partial charge on any atom is -0.872 e. The van der Waals surface area contributed by atoms with Gasteiger partial charge in [-0.15, -0.1) is 0 Å². The number of thiazole rings is 1. The molecule has 0 atom stereocenters. The van der Waals surface area contributed by atoms with Crippen molar-refractivity contribution in [2.75, 3.05) is 0 Å². The fraction of sp³-hybridized carbons (Fsp3) is 0.136. The average Bonchev–Trinajstić information content (AvgIpc) is 3.13. The van der Waals surface area contributed by atoms with Crippen LogP contribution in [0, 0.1) is 0 Å². The fourth-order valence-corrected chi connectivity index (χ4v) is 4.97. The summed E-state index contributed by atoms with van der Waals surface area (Å²) >= 11 is 1.64. The summed E-state index contributed by atoms with van der Waals surface area (Å²) in [4.78, 5) is 3.41. The van der Waals surface area contributed by atoms with Crippen LogP contribution in [0.2, 0.25) is 0 Å². The van der Waals surface area contributed by atoms with Gasteiger partial charge >= 0.3 is 10.1 Å². The maximum absolute atomic E-state index is 12.9. The predicted molar refractivity (Wildman–Crippen MR) is 107 cm³/mol. The molecule has 0 spiro atoms. The number of hydrogen-bond donors (Lipinski definition) is 0. The van der Waals surface area contributed by atoms with Crippen LogP contribution in [0.1, 0.15) is 25.0 Å². The van der Waals surface area contributed by atoms with Gasteiger partial charge < -0.3 is 5.11 Å². The molecule has 5 rings (SSSR count). The summed E-state index contributed by atoms with van der Waals surface area (Å²) in [5.41, 5.74) is 6.54. The molecule has 122 valence electrons. The molecule has 1 heterocycles. The molecular formula is C22H17BeNOS+2. The molecule has 1 aliphatic carbocycles. The van der Waals surface area contributed by atoms with E-state index in [1.54, 1.807) is 11.3 Å². The maximum atomic E-state index is 12.9. The molecule has 0 amide bonds. The van der Waals surface area contributed by atoms with Crippen molar-refractivity contribution in [1.82, 2.24) is 0 Å². The Bertz CT molecular complexity index is 1110. The Labute approximate surface area is 160 Å². The second-order valence-electron chi connectivity index (χ2n) is 7.12. The minimum atomic E-state index is -0.0922. The monoisotopic (exact) mass is 352 g/mol. The molecule has 2 nitrogen and oxygen atoms in total. The SMILES string of the molecule is CC1(C)c2ccccc2-c2cc([O-])c(-c3[nH+]c4ccccc4s3)cc21.[Be+2]. The topological polar surface area (TPSA) is 37.2 Å². The molecule has 26 heavy (non-hydrogen) atoms. The van der Waals surface area contributed by atoms with Crippen molar-refractivity contribution in [1.29, 1.82) is 0 Å². The van der Waals surface area contributed by atoms with Gasteiger partial charge in [0.25, 0.3) is 5.01 Å². The third-order valence-corrected chi connectivity index (χ3v) is 6.38. The van der Waals surface area contributed by atoms with Gasteiger partial charge in [0, 0.05) is 11.5 Å². The van der Waals surface area contributed by atoms with E-state index < -0.39 is 0 Å². The quantitative estimate of drug-likeness (QED) is 0.468. The third kappa shape index (κ3) is 2.25. The predicted octanol–water partition coefficient (Wildman–Crippen LogP) is 4.38. The summed E-state index contributed by atoms with van der Waals surface area (Å²) in [6.45, 7) is 4.47. The van der Waals surface area contributed by atoms with Crippen LogP contribution in [-0.2, 0) is 5.41 Å². The zero-order valence-corrected chi connectivity index (χ0v) is 15.6. The van der Waals surface area contributed by atoms with Crippen LogP contribution >= 0.6 is 11.3 Å². The molecule has 0 fully saturated rings. The summed E-state index contributed by atoms with van der Waals surface area (Å²) in [7, 11) is 0. The molecule has 1 aromatic heterocycles. The van der Waals surface area contributed by atoms with Gasteiger partial charge in [-0.05, 0) is 34.4 Å². The molecule has 1 aliphatic rings. The normalized spacial score (nSPS) is 13.9. The van der Waals surface area contributed by atoms with Crippen LogP contribution in [0.15, 0.2) is 60.7 Å². The Kier molecular flexibility index (Phi) is 3.76. The van der Waals surface area contributed by atoms with Gasteiger partial charge in [-0.2, -0.15) is 4.98 Å². The van der Waals surface area contributed by atoms with E-state index in [-0.39, 0.29) is 21.3 Å². The van der Waals surface area contributed by atoms with E-state index in [1.807, 2.05) is 30.3 Å². The molecular weight excluding hydrogens is 335 g/mol. The Morgan fingerprint density at radius 1 is 0.846 bits per heavy atom. The van der Waals surface area contributed by atoms with E-state index in [2.05, 4.69) is 49.2 Å². The first-order valence-electron chi connectivity index (χ1n) is 8.42. The number of H-pyrrole nitrogens is 1. The van der Waals surface area contributed by atoms with E-state index >= 15 is 0 Å². The van der Waals surface area contributed by atoms with Crippen LogP contribution in [0.25, 0.3) is 31.9 Å². The number of nitrogens with one attached hydrogen (secondary N) is 1. The van der Waals surface area contributed by atoms with Crippen LogP contribution < -0.4 is 10.1 Å². The van der Waals surface area contributed by atoms with E-state index in [9.17, 15) is 5.11 Å². The number of benzene rings is 3. The van der Waals surface area contributed by atoms with Crippen molar-refractivity contribution in [2.45, 2.75) is 19.3 Å². The molecule has 0 saturated heterocycles. The second-order valence-corrected chi connectivity index (χ2v) is 8.17. The summed E-state index contributed by atoms with van der Waals surface area (Å²) in [6.07, 6.45) is 0. The second kappa shape index (κ2) is 5.77. The minimum absolute atomic E-state index is 0. The number of para-hydroxylation sites is 1. The smallest absolute Gasteiger partial charge is 0.872 e. The number of rotatable bonds is 1. The van der Waals surface area contributed by atoms with Crippen molar-refractivity contribution in [3.63, 3.8) is 0 Å². The van der Waals surface area contributed by atoms with Crippen LogP contribution in [0.3, 0.4) is 0 Å². The Morgan fingerprint density at radius 3 is 2.38 bits per heavy atom. The Morgan fingerprint density at radius 2 is 1.58 bits per heavy atom. The summed E-state index contributed by atoms with van der Waals surface area (Å²) < 4.78 is 1.17. The van der Waals surface area contributed by atoms with Crippen LogP contribution in [0.5, 0.6) is 5.75 Å². The molecule has 0 saturated carbocycles. The van der Waals surface area contributed by atoms with Gasteiger partial charge in [0.15, 0.2) is 0 Å². The Balaban J connectivity index is 0.00000168. The van der Waals surface area contributed by atoms with E-state index in [4.69, 9.17) is 0 Å². The number of aromatic amines is 1. The summed E-state index contributed by atoms with van der Waals surface area (Å²) in [5.74, 6) is 0.0778. The summed E-state index contributed by atoms with van der Waals surface area (Å²) in [6, 6.07) is 20.5. The largest absolute Gasteiger partial charge is 2.00 e. The molecule has 4 aromatic rings. The number of fused-ring (bicyclic) bond motifs is 4. The standard InChI is InChI=1S/C22H17NOS.Be/c1-22(2)16-8-4-3-7-13(16)14-12-19(24)15(11-17(14)22)21-23-18-9-5-6-10-20(18)25-21;/h3-12,24H,1-2H3;/q;+2. The molecule has 0 unspecified atom stereocenters. The summed E-state index contributed by atoms with van der Waals surface area (Å²) in [5, 5.41) is 13.8. The third-order valence-electron chi connectivity index (χ3n) is 5.28. The first-order chi connectivity index (χ1) is 12.1. The van der Waals surface area contributed by atoms with Crippen LogP contribution in [0.4, 0.5) is 0 Å². The van der Waals surface area contributed by atoms with E-state index in [1.165, 1.54) is 21.4 Å². The number of hydrogen-bond acceptors (Lipinski definition) is 2. The van der Waals surface area contributed by atoms with Crippen molar-refractivity contribution >= 4 is 31.7 Å². The molecule has 4 heteroatoms. The molecule has 0 radical (unpaired) electrons. The first-order valence-corrected chi connectivity index (χ1v) is 9.24. The number of aromatic nitrogens is 1. The average molecular weight is 352 g/mol. The van der Waals surface area contributed by atoms with Gasteiger partial charge in [0.1, 0.15) is 4.70 Å². The first kappa shape index (κ1) is 17.0. The Hall–Kier alpha value is -2.48. The van der Waals surface area contributed by atoms with Gasteiger partial charge in [0.2, 0.25) is 5.52 Å². The van der Waals surface area contributed by atoms with E-state index in [0.29, 0.717) is 0 Å². The van der Waals surface area contributed by atoms with Gasteiger partial charge in [-0.1, -0.05) is 73.4 Å². The van der Waals surface area contributed by atoms with Gasteiger partial charge in [0.05, 0.1) is 5.56 Å². The van der Waals surface area contributed by atoms with Crippen molar-refractivity contribution in [3.05, 3.63) is 71.8 Å². The molecule has 3 aromatic carbocycles. The molecule has 0 bridgehead atoms. The van der Waals surface area contributed by atoms with Crippen molar-refractivity contribution in [3.8, 4) is 27.4 Å². The fourth-order valence-electron chi connectivity index (χ4n) is 3.94. The molecule has 0 aliphatic heterocycles. The maximum Gasteiger partial charge on any atom is 2.00 e.